The van der Waals surface area contributed by atoms with E-state index in [1.807, 2.05) is 24.3 Å². The summed E-state index contributed by atoms with van der Waals surface area (Å²) in [5.74, 6) is 1.60. The van der Waals surface area contributed by atoms with Crippen LogP contribution in [0.2, 0.25) is 0 Å². The summed E-state index contributed by atoms with van der Waals surface area (Å²) in [6.07, 6.45) is 0. The number of hydrogen-bond acceptors (Lipinski definition) is 4. The van der Waals surface area contributed by atoms with Gasteiger partial charge in [-0.3, -0.25) is 0 Å². The smallest absolute Gasteiger partial charge is 0.319 e. The van der Waals surface area contributed by atoms with Crippen molar-refractivity contribution in [2.24, 2.45) is 0 Å². The van der Waals surface area contributed by atoms with E-state index in [2.05, 4.69) is 26.6 Å². The van der Waals surface area contributed by atoms with Crippen LogP contribution in [0.4, 0.5) is 10.5 Å². The van der Waals surface area contributed by atoms with Crippen LogP contribution in [0.25, 0.3) is 0 Å². The molecule has 2 rings (SSSR count). The van der Waals surface area contributed by atoms with Crippen molar-refractivity contribution in [3.05, 3.63) is 46.4 Å². The Balaban J connectivity index is 2.03. The summed E-state index contributed by atoms with van der Waals surface area (Å²) in [5, 5.41) is 5.55. The molecule has 0 aliphatic carbocycles. The van der Waals surface area contributed by atoms with Crippen LogP contribution < -0.4 is 24.8 Å². The number of amides is 2. The van der Waals surface area contributed by atoms with Crippen molar-refractivity contribution >= 4 is 27.6 Å². The van der Waals surface area contributed by atoms with Gasteiger partial charge < -0.3 is 24.8 Å². The number of rotatable bonds is 6. The Morgan fingerprint density at radius 2 is 1.58 bits per heavy atom. The van der Waals surface area contributed by atoms with E-state index in [0.717, 1.165) is 10.0 Å². The highest BCUT2D eigenvalue weighted by Crippen LogP contribution is 2.38. The number of ether oxygens (including phenoxy) is 3. The van der Waals surface area contributed by atoms with Gasteiger partial charge in [0.25, 0.3) is 0 Å². The molecule has 128 valence electrons. The molecule has 0 spiro atoms. The lowest BCUT2D eigenvalue weighted by Gasteiger charge is -2.14. The second kappa shape index (κ2) is 8.44. The normalized spacial score (nSPS) is 10.0. The van der Waals surface area contributed by atoms with E-state index in [9.17, 15) is 4.79 Å². The van der Waals surface area contributed by atoms with Gasteiger partial charge in [-0.2, -0.15) is 0 Å². The molecule has 6 nitrogen and oxygen atoms in total. The Kier molecular flexibility index (Phi) is 6.31. The fourth-order valence-corrected chi connectivity index (χ4v) is 2.39. The van der Waals surface area contributed by atoms with Crippen LogP contribution >= 0.6 is 15.9 Å². The van der Waals surface area contributed by atoms with Crippen LogP contribution in [0, 0.1) is 0 Å². The van der Waals surface area contributed by atoms with Crippen molar-refractivity contribution in [1.29, 1.82) is 0 Å². The Morgan fingerprint density at radius 3 is 2.08 bits per heavy atom. The lowest BCUT2D eigenvalue weighted by molar-refractivity contribution is 0.251. The predicted octanol–water partition coefficient (Wildman–Crippen LogP) is 3.80. The van der Waals surface area contributed by atoms with E-state index in [0.29, 0.717) is 29.5 Å². The molecule has 2 aromatic carbocycles. The lowest BCUT2D eigenvalue weighted by Crippen LogP contribution is -2.28. The van der Waals surface area contributed by atoms with Crippen LogP contribution in [-0.4, -0.2) is 27.4 Å². The molecule has 2 aromatic rings. The second-order valence-corrected chi connectivity index (χ2v) is 5.76. The minimum atomic E-state index is -0.300. The molecule has 0 heterocycles. The third kappa shape index (κ3) is 4.55. The molecule has 0 radical (unpaired) electrons. The topological polar surface area (TPSA) is 68.8 Å². The average Bonchev–Trinajstić information content (AvgIpc) is 2.60. The molecule has 2 amide bonds. The van der Waals surface area contributed by atoms with E-state index in [4.69, 9.17) is 14.2 Å². The summed E-state index contributed by atoms with van der Waals surface area (Å²) in [4.78, 5) is 12.0. The SMILES string of the molecule is COc1cc(CNC(=O)Nc2ccc(Br)cc2)cc(OC)c1OC. The summed E-state index contributed by atoms with van der Waals surface area (Å²) in [6, 6.07) is 10.6. The van der Waals surface area contributed by atoms with Gasteiger partial charge in [0.15, 0.2) is 11.5 Å². The molecule has 0 aliphatic heterocycles. The monoisotopic (exact) mass is 394 g/mol. The number of carbonyl (C=O) groups is 1. The Bertz CT molecular complexity index is 679. The predicted molar refractivity (Wildman–Crippen MR) is 96.1 cm³/mol. The van der Waals surface area contributed by atoms with Crippen molar-refractivity contribution in [2.75, 3.05) is 26.6 Å². The number of anilines is 1. The first-order valence-electron chi connectivity index (χ1n) is 7.16. The Labute approximate surface area is 149 Å². The van der Waals surface area contributed by atoms with Gasteiger partial charge in [0.1, 0.15) is 0 Å². The van der Waals surface area contributed by atoms with E-state index in [1.54, 1.807) is 33.5 Å². The lowest BCUT2D eigenvalue weighted by atomic mass is 10.2. The minimum absolute atomic E-state index is 0.300. The molecule has 0 saturated heterocycles. The maximum absolute atomic E-state index is 12.0. The van der Waals surface area contributed by atoms with Gasteiger partial charge in [-0.25, -0.2) is 4.79 Å². The number of methoxy groups -OCH3 is 3. The van der Waals surface area contributed by atoms with E-state index >= 15 is 0 Å². The number of halogens is 1. The van der Waals surface area contributed by atoms with Gasteiger partial charge >= 0.3 is 6.03 Å². The first-order chi connectivity index (χ1) is 11.6. The standard InChI is InChI=1S/C17H19BrN2O4/c1-22-14-8-11(9-15(23-2)16(14)24-3)10-19-17(21)20-13-6-4-12(18)5-7-13/h4-9H,10H2,1-3H3,(H2,19,20,21). The second-order valence-electron chi connectivity index (χ2n) is 4.85. The van der Waals surface area contributed by atoms with E-state index < -0.39 is 0 Å². The fourth-order valence-electron chi connectivity index (χ4n) is 2.13. The molecule has 0 aliphatic rings. The molecule has 7 heteroatoms. The summed E-state index contributed by atoms with van der Waals surface area (Å²) < 4.78 is 16.8. The van der Waals surface area contributed by atoms with Crippen molar-refractivity contribution in [3.8, 4) is 17.2 Å². The molecule has 0 saturated carbocycles. The number of benzene rings is 2. The molecule has 0 fully saturated rings. The maximum Gasteiger partial charge on any atom is 0.319 e. The van der Waals surface area contributed by atoms with Crippen LogP contribution in [-0.2, 0) is 6.54 Å². The summed E-state index contributed by atoms with van der Waals surface area (Å²) in [7, 11) is 4.65. The third-order valence-electron chi connectivity index (χ3n) is 3.28. The van der Waals surface area contributed by atoms with Crippen molar-refractivity contribution < 1.29 is 19.0 Å². The first kappa shape index (κ1) is 17.9. The average molecular weight is 395 g/mol. The molecular formula is C17H19BrN2O4. The third-order valence-corrected chi connectivity index (χ3v) is 3.81. The van der Waals surface area contributed by atoms with Crippen molar-refractivity contribution in [2.45, 2.75) is 6.54 Å². The molecule has 0 unspecified atom stereocenters. The summed E-state index contributed by atoms with van der Waals surface area (Å²) in [5.41, 5.74) is 1.54. The van der Waals surface area contributed by atoms with Crippen molar-refractivity contribution in [3.63, 3.8) is 0 Å². The van der Waals surface area contributed by atoms with Gasteiger partial charge in [-0.1, -0.05) is 15.9 Å². The van der Waals surface area contributed by atoms with Gasteiger partial charge in [-0.05, 0) is 42.0 Å². The van der Waals surface area contributed by atoms with Crippen molar-refractivity contribution in [1.82, 2.24) is 5.32 Å². The molecule has 0 atom stereocenters. The fraction of sp³-hybridized carbons (Fsp3) is 0.235. The minimum Gasteiger partial charge on any atom is -0.493 e. The van der Waals surface area contributed by atoms with Crippen LogP contribution in [0.5, 0.6) is 17.2 Å². The molecule has 2 N–H and O–H groups in total. The summed E-state index contributed by atoms with van der Waals surface area (Å²) in [6.45, 7) is 0.319. The largest absolute Gasteiger partial charge is 0.493 e. The number of nitrogens with one attached hydrogen (secondary N) is 2. The zero-order chi connectivity index (χ0) is 17.5. The zero-order valence-corrected chi connectivity index (χ0v) is 15.3. The van der Waals surface area contributed by atoms with E-state index in [1.165, 1.54) is 0 Å². The molecule has 0 aromatic heterocycles. The first-order valence-corrected chi connectivity index (χ1v) is 7.96. The van der Waals surface area contributed by atoms with Gasteiger partial charge in [0.05, 0.1) is 21.3 Å². The Morgan fingerprint density at radius 1 is 1.00 bits per heavy atom. The molecule has 0 bridgehead atoms. The molecule has 24 heavy (non-hydrogen) atoms. The highest BCUT2D eigenvalue weighted by Gasteiger charge is 2.13. The molecular weight excluding hydrogens is 376 g/mol. The zero-order valence-electron chi connectivity index (χ0n) is 13.7. The Hall–Kier alpha value is -2.41. The quantitative estimate of drug-likeness (QED) is 0.781. The van der Waals surface area contributed by atoms with Gasteiger partial charge in [-0.15, -0.1) is 0 Å². The highest BCUT2D eigenvalue weighted by molar-refractivity contribution is 9.10. The highest BCUT2D eigenvalue weighted by atomic mass is 79.9. The van der Waals surface area contributed by atoms with Crippen LogP contribution in [0.15, 0.2) is 40.9 Å². The maximum atomic E-state index is 12.0. The number of carbonyl (C=O) groups excluding carboxylic acids is 1. The van der Waals surface area contributed by atoms with Crippen LogP contribution in [0.1, 0.15) is 5.56 Å². The number of hydrogen-bond donors (Lipinski definition) is 2. The van der Waals surface area contributed by atoms with E-state index in [-0.39, 0.29) is 6.03 Å². The van der Waals surface area contributed by atoms with Crippen LogP contribution in [0.3, 0.4) is 0 Å². The van der Waals surface area contributed by atoms with Gasteiger partial charge in [0.2, 0.25) is 5.75 Å². The summed E-state index contributed by atoms with van der Waals surface area (Å²) >= 11 is 3.35. The number of urea groups is 1. The van der Waals surface area contributed by atoms with Gasteiger partial charge in [0, 0.05) is 16.7 Å².